The summed E-state index contributed by atoms with van der Waals surface area (Å²) in [6.07, 6.45) is 0. The van der Waals surface area contributed by atoms with Crippen molar-refractivity contribution >= 4 is 17.6 Å². The Kier molecular flexibility index (Phi) is 7.17. The van der Waals surface area contributed by atoms with E-state index in [-0.39, 0.29) is 5.91 Å². The van der Waals surface area contributed by atoms with Crippen LogP contribution in [0.2, 0.25) is 0 Å². The van der Waals surface area contributed by atoms with Gasteiger partial charge in [0.15, 0.2) is 5.96 Å². The summed E-state index contributed by atoms with van der Waals surface area (Å²) in [6, 6.07) is 15.4. The average Bonchev–Trinajstić information content (AvgIpc) is 2.62. The smallest absolute Gasteiger partial charge is 0.251 e. The number of carbonyl (C=O) groups excluding carboxylic acids is 1. The first-order chi connectivity index (χ1) is 12.4. The van der Waals surface area contributed by atoms with E-state index in [0.717, 1.165) is 17.8 Å². The lowest BCUT2D eigenvalue weighted by molar-refractivity contribution is 0.0951. The molecular formula is C20H27N5O. The molecule has 1 amide bonds. The maximum absolute atomic E-state index is 12.2. The lowest BCUT2D eigenvalue weighted by Crippen LogP contribution is -2.31. The third kappa shape index (κ3) is 6.57. The first-order valence-corrected chi connectivity index (χ1v) is 8.59. The van der Waals surface area contributed by atoms with E-state index in [0.29, 0.717) is 24.6 Å². The Morgan fingerprint density at radius 3 is 2.58 bits per heavy atom. The van der Waals surface area contributed by atoms with Crippen LogP contribution < -0.4 is 16.4 Å². The zero-order valence-corrected chi connectivity index (χ0v) is 15.6. The topological polar surface area (TPSA) is 82.7 Å². The summed E-state index contributed by atoms with van der Waals surface area (Å²) in [7, 11) is 3.94. The van der Waals surface area contributed by atoms with Crippen molar-refractivity contribution in [2.45, 2.75) is 13.5 Å². The summed E-state index contributed by atoms with van der Waals surface area (Å²) in [4.78, 5) is 18.5. The van der Waals surface area contributed by atoms with Gasteiger partial charge in [0.1, 0.15) is 0 Å². The molecule has 4 N–H and O–H groups in total. The highest BCUT2D eigenvalue weighted by Crippen LogP contribution is 2.09. The van der Waals surface area contributed by atoms with Crippen LogP contribution in [-0.2, 0) is 6.54 Å². The van der Waals surface area contributed by atoms with E-state index in [2.05, 4.69) is 15.6 Å². The molecule has 0 fully saturated rings. The molecule has 26 heavy (non-hydrogen) atoms. The fraction of sp³-hybridized carbons (Fsp3) is 0.300. The molecule has 0 aliphatic rings. The van der Waals surface area contributed by atoms with Gasteiger partial charge in [0.2, 0.25) is 0 Å². The number of nitrogens with zero attached hydrogens (tertiary/aromatic N) is 2. The molecule has 0 aliphatic carbocycles. The maximum atomic E-state index is 12.2. The van der Waals surface area contributed by atoms with Crippen molar-refractivity contribution in [3.8, 4) is 0 Å². The molecule has 0 aliphatic heterocycles. The number of amides is 1. The molecule has 0 unspecified atom stereocenters. The van der Waals surface area contributed by atoms with Crippen molar-refractivity contribution in [2.24, 2.45) is 10.7 Å². The summed E-state index contributed by atoms with van der Waals surface area (Å²) in [5.74, 6) is 0.262. The van der Waals surface area contributed by atoms with E-state index in [1.165, 1.54) is 5.56 Å². The normalized spacial score (nSPS) is 11.5. The number of rotatable bonds is 7. The lowest BCUT2D eigenvalue weighted by Gasteiger charge is -2.11. The molecule has 2 rings (SSSR count). The molecule has 0 aromatic heterocycles. The van der Waals surface area contributed by atoms with Crippen molar-refractivity contribution in [3.05, 3.63) is 65.2 Å². The first-order valence-electron chi connectivity index (χ1n) is 8.59. The van der Waals surface area contributed by atoms with Gasteiger partial charge in [-0.1, -0.05) is 29.8 Å². The molecule has 6 heteroatoms. The van der Waals surface area contributed by atoms with Crippen LogP contribution in [0.25, 0.3) is 0 Å². The standard InChI is InChI=1S/C20H27N5O/c1-15-7-9-18(10-8-15)24-20(21)23-14-16-5-4-6-17(13-16)19(26)22-11-12-25(2)3/h4-10,13H,11-12,14H2,1-3H3,(H,22,26)(H3,21,23,24). The first kappa shape index (κ1) is 19.5. The Balaban J connectivity index is 1.92. The van der Waals surface area contributed by atoms with E-state index >= 15 is 0 Å². The lowest BCUT2D eigenvalue weighted by atomic mass is 10.1. The predicted octanol–water partition coefficient (Wildman–Crippen LogP) is 2.21. The molecule has 0 spiro atoms. The van der Waals surface area contributed by atoms with Crippen LogP contribution in [-0.4, -0.2) is 44.0 Å². The highest BCUT2D eigenvalue weighted by molar-refractivity contribution is 5.94. The second kappa shape index (κ2) is 9.58. The molecular weight excluding hydrogens is 326 g/mol. The minimum absolute atomic E-state index is 0.0802. The molecule has 0 heterocycles. The van der Waals surface area contributed by atoms with E-state index in [4.69, 9.17) is 5.73 Å². The SMILES string of the molecule is Cc1ccc(NC(N)=NCc2cccc(C(=O)NCCN(C)C)c2)cc1. The van der Waals surface area contributed by atoms with Crippen LogP contribution in [0.5, 0.6) is 0 Å². The second-order valence-electron chi connectivity index (χ2n) is 6.45. The summed E-state index contributed by atoms with van der Waals surface area (Å²) in [5.41, 5.74) is 9.58. The Labute approximate surface area is 155 Å². The predicted molar refractivity (Wildman–Crippen MR) is 107 cm³/mol. The number of anilines is 1. The van der Waals surface area contributed by atoms with Crippen molar-refractivity contribution in [1.29, 1.82) is 0 Å². The largest absolute Gasteiger partial charge is 0.370 e. The number of nitrogens with two attached hydrogens (primary N) is 1. The molecule has 6 nitrogen and oxygen atoms in total. The monoisotopic (exact) mass is 353 g/mol. The number of carbonyl (C=O) groups is 1. The molecule has 138 valence electrons. The fourth-order valence-electron chi connectivity index (χ4n) is 2.31. The minimum Gasteiger partial charge on any atom is -0.370 e. The second-order valence-corrected chi connectivity index (χ2v) is 6.45. The van der Waals surface area contributed by atoms with Crippen molar-refractivity contribution in [1.82, 2.24) is 10.2 Å². The minimum atomic E-state index is -0.0802. The number of aliphatic imine (C=N–C) groups is 1. The molecule has 0 radical (unpaired) electrons. The molecule has 0 bridgehead atoms. The van der Waals surface area contributed by atoms with Crippen molar-refractivity contribution in [3.63, 3.8) is 0 Å². The summed E-state index contributed by atoms with van der Waals surface area (Å²) in [5, 5.41) is 5.97. The number of hydrogen-bond donors (Lipinski definition) is 3. The average molecular weight is 353 g/mol. The van der Waals surface area contributed by atoms with Gasteiger partial charge in [-0.2, -0.15) is 0 Å². The third-order valence-electron chi connectivity index (χ3n) is 3.79. The zero-order chi connectivity index (χ0) is 18.9. The Morgan fingerprint density at radius 2 is 1.88 bits per heavy atom. The number of nitrogens with one attached hydrogen (secondary N) is 2. The quantitative estimate of drug-likeness (QED) is 0.526. The summed E-state index contributed by atoms with van der Waals surface area (Å²) in [6.45, 7) is 3.85. The maximum Gasteiger partial charge on any atom is 0.251 e. The van der Waals surface area contributed by atoms with Gasteiger partial charge in [0.05, 0.1) is 6.54 Å². The van der Waals surface area contributed by atoms with Crippen LogP contribution in [0, 0.1) is 6.92 Å². The van der Waals surface area contributed by atoms with E-state index in [1.54, 1.807) is 6.07 Å². The summed E-state index contributed by atoms with van der Waals surface area (Å²) >= 11 is 0. The van der Waals surface area contributed by atoms with E-state index < -0.39 is 0 Å². The van der Waals surface area contributed by atoms with E-state index in [9.17, 15) is 4.79 Å². The number of aryl methyl sites for hydroxylation is 1. The molecule has 0 saturated heterocycles. The van der Waals surface area contributed by atoms with Crippen LogP contribution in [0.15, 0.2) is 53.5 Å². The molecule has 0 saturated carbocycles. The number of benzene rings is 2. The van der Waals surface area contributed by atoms with Gasteiger partial charge in [0, 0.05) is 24.3 Å². The van der Waals surface area contributed by atoms with Gasteiger partial charge < -0.3 is 21.3 Å². The van der Waals surface area contributed by atoms with Gasteiger partial charge in [-0.25, -0.2) is 4.99 Å². The van der Waals surface area contributed by atoms with Crippen molar-refractivity contribution < 1.29 is 4.79 Å². The fourth-order valence-corrected chi connectivity index (χ4v) is 2.31. The Bertz CT molecular complexity index is 753. The highest BCUT2D eigenvalue weighted by atomic mass is 16.1. The Hall–Kier alpha value is -2.86. The van der Waals surface area contributed by atoms with Gasteiger partial charge in [-0.3, -0.25) is 4.79 Å². The van der Waals surface area contributed by atoms with Crippen molar-refractivity contribution in [2.75, 3.05) is 32.5 Å². The van der Waals surface area contributed by atoms with Crippen LogP contribution >= 0.6 is 0 Å². The molecule has 2 aromatic carbocycles. The highest BCUT2D eigenvalue weighted by Gasteiger charge is 2.06. The molecule has 2 aromatic rings. The van der Waals surface area contributed by atoms with Crippen LogP contribution in [0.1, 0.15) is 21.5 Å². The van der Waals surface area contributed by atoms with Gasteiger partial charge in [0.25, 0.3) is 5.91 Å². The third-order valence-corrected chi connectivity index (χ3v) is 3.79. The number of likely N-dealkylation sites (N-methyl/N-ethyl adjacent to an activating group) is 1. The Morgan fingerprint density at radius 1 is 1.15 bits per heavy atom. The number of guanidine groups is 1. The van der Waals surface area contributed by atoms with Gasteiger partial charge in [-0.05, 0) is 50.8 Å². The van der Waals surface area contributed by atoms with Crippen LogP contribution in [0.4, 0.5) is 5.69 Å². The molecule has 0 atom stereocenters. The van der Waals surface area contributed by atoms with Gasteiger partial charge >= 0.3 is 0 Å². The van der Waals surface area contributed by atoms with Gasteiger partial charge in [-0.15, -0.1) is 0 Å². The summed E-state index contributed by atoms with van der Waals surface area (Å²) < 4.78 is 0. The zero-order valence-electron chi connectivity index (χ0n) is 15.6. The van der Waals surface area contributed by atoms with E-state index in [1.807, 2.05) is 68.4 Å². The van der Waals surface area contributed by atoms with Crippen LogP contribution in [0.3, 0.4) is 0 Å². The number of hydrogen-bond acceptors (Lipinski definition) is 3.